The summed E-state index contributed by atoms with van der Waals surface area (Å²) in [6, 6.07) is 3.18. The van der Waals surface area contributed by atoms with Crippen molar-refractivity contribution in [3.8, 4) is 0 Å². The molecule has 1 rings (SSSR count). The zero-order valence-electron chi connectivity index (χ0n) is 8.88. The van der Waals surface area contributed by atoms with Gasteiger partial charge in [-0.3, -0.25) is 4.72 Å². The summed E-state index contributed by atoms with van der Waals surface area (Å²) in [4.78, 5) is 0. The first-order chi connectivity index (χ1) is 7.63. The fraction of sp³-hybridized carbons (Fsp3) is 0.333. The monoisotopic (exact) mass is 268 g/mol. The fourth-order valence-corrected chi connectivity index (χ4v) is 1.83. The van der Waals surface area contributed by atoms with Crippen LogP contribution in [0.1, 0.15) is 18.1 Å². The number of halogens is 3. The average molecular weight is 268 g/mol. The molecule has 0 heterocycles. The highest BCUT2D eigenvalue weighted by Gasteiger charge is 2.33. The summed E-state index contributed by atoms with van der Waals surface area (Å²) in [5.74, 6) is 0. The Balaban J connectivity index is 3.23. The molecule has 96 valence electrons. The van der Waals surface area contributed by atoms with Crippen LogP contribution in [0.2, 0.25) is 0 Å². The first-order valence-corrected chi connectivity index (χ1v) is 6.19. The molecule has 0 aliphatic carbocycles. The Morgan fingerprint density at radius 1 is 1.35 bits per heavy atom. The number of nitrogens with two attached hydrogens (primary N) is 1. The number of anilines is 1. The molecule has 0 radical (unpaired) electrons. The molecule has 0 bridgehead atoms. The van der Waals surface area contributed by atoms with Crippen LogP contribution in [0.3, 0.4) is 0 Å². The number of aryl methyl sites for hydroxylation is 1. The molecule has 0 aromatic heterocycles. The Hall–Kier alpha value is -1.28. The van der Waals surface area contributed by atoms with Crippen LogP contribution >= 0.6 is 0 Å². The third kappa shape index (κ3) is 3.90. The lowest BCUT2D eigenvalue weighted by atomic mass is 10.0. The lowest BCUT2D eigenvalue weighted by molar-refractivity contribution is -0.138. The lowest BCUT2D eigenvalue weighted by Gasteiger charge is -2.13. The second-order valence-electron chi connectivity index (χ2n) is 3.37. The van der Waals surface area contributed by atoms with Crippen LogP contribution in [0.15, 0.2) is 18.2 Å². The molecule has 1 aromatic rings. The zero-order valence-corrected chi connectivity index (χ0v) is 9.69. The molecular weight excluding hydrogens is 257 g/mol. The van der Waals surface area contributed by atoms with Gasteiger partial charge in [0.15, 0.2) is 0 Å². The molecule has 0 fully saturated rings. The number of rotatable bonds is 3. The Labute approximate surface area is 96.8 Å². The minimum atomic E-state index is -4.53. The topological polar surface area (TPSA) is 72.2 Å². The van der Waals surface area contributed by atoms with Crippen LogP contribution < -0.4 is 9.86 Å². The van der Waals surface area contributed by atoms with Gasteiger partial charge in [-0.25, -0.2) is 5.14 Å². The van der Waals surface area contributed by atoms with E-state index in [0.717, 1.165) is 6.07 Å². The molecule has 0 spiro atoms. The van der Waals surface area contributed by atoms with Crippen LogP contribution in [0.5, 0.6) is 0 Å². The van der Waals surface area contributed by atoms with E-state index in [1.165, 1.54) is 12.1 Å². The number of benzene rings is 1. The quantitative estimate of drug-likeness (QED) is 0.878. The van der Waals surface area contributed by atoms with Gasteiger partial charge in [-0.15, -0.1) is 0 Å². The maximum absolute atomic E-state index is 12.6. The summed E-state index contributed by atoms with van der Waals surface area (Å²) in [5.41, 5.74) is -0.983. The van der Waals surface area contributed by atoms with Crippen molar-refractivity contribution in [2.24, 2.45) is 5.14 Å². The van der Waals surface area contributed by atoms with E-state index in [1.807, 2.05) is 0 Å². The second-order valence-corrected chi connectivity index (χ2v) is 4.66. The molecule has 0 saturated carbocycles. The van der Waals surface area contributed by atoms with Gasteiger partial charge in [-0.05, 0) is 24.1 Å². The predicted octanol–water partition coefficient (Wildman–Crippen LogP) is 1.88. The van der Waals surface area contributed by atoms with E-state index in [2.05, 4.69) is 5.14 Å². The van der Waals surface area contributed by atoms with Gasteiger partial charge >= 0.3 is 6.18 Å². The Kier molecular flexibility index (Phi) is 3.68. The highest BCUT2D eigenvalue weighted by atomic mass is 32.2. The first-order valence-electron chi connectivity index (χ1n) is 4.64. The van der Waals surface area contributed by atoms with E-state index in [-0.39, 0.29) is 17.7 Å². The molecule has 0 aliphatic rings. The van der Waals surface area contributed by atoms with Gasteiger partial charge in [-0.2, -0.15) is 21.6 Å². The molecule has 0 saturated heterocycles. The average Bonchev–Trinajstić information content (AvgIpc) is 2.13. The van der Waals surface area contributed by atoms with Crippen molar-refractivity contribution < 1.29 is 21.6 Å². The van der Waals surface area contributed by atoms with E-state index in [1.54, 1.807) is 11.6 Å². The normalized spacial score (nSPS) is 12.5. The maximum Gasteiger partial charge on any atom is 0.416 e. The van der Waals surface area contributed by atoms with Crippen molar-refractivity contribution in [1.29, 1.82) is 0 Å². The summed E-state index contributed by atoms with van der Waals surface area (Å²) < 4.78 is 61.1. The summed E-state index contributed by atoms with van der Waals surface area (Å²) in [5, 5.41) is 4.68. The second kappa shape index (κ2) is 4.53. The largest absolute Gasteiger partial charge is 0.416 e. The SMILES string of the molecule is CCc1ccc(NS(N)(=O)=O)cc1C(F)(F)F. The van der Waals surface area contributed by atoms with Crippen molar-refractivity contribution in [3.63, 3.8) is 0 Å². The van der Waals surface area contributed by atoms with Crippen molar-refractivity contribution in [1.82, 2.24) is 0 Å². The molecule has 0 atom stereocenters. The summed E-state index contributed by atoms with van der Waals surface area (Å²) >= 11 is 0. The Morgan fingerprint density at radius 3 is 2.35 bits per heavy atom. The van der Waals surface area contributed by atoms with E-state index in [4.69, 9.17) is 0 Å². The van der Waals surface area contributed by atoms with E-state index in [0.29, 0.717) is 0 Å². The van der Waals surface area contributed by atoms with Crippen LogP contribution in [0, 0.1) is 0 Å². The molecule has 0 amide bonds. The highest BCUT2D eigenvalue weighted by Crippen LogP contribution is 2.34. The zero-order chi connectivity index (χ0) is 13.3. The van der Waals surface area contributed by atoms with Gasteiger partial charge in [0.2, 0.25) is 0 Å². The molecule has 3 N–H and O–H groups in total. The molecule has 1 aromatic carbocycles. The van der Waals surface area contributed by atoms with Crippen LogP contribution in [-0.4, -0.2) is 8.42 Å². The Bertz CT molecular complexity index is 511. The van der Waals surface area contributed by atoms with Gasteiger partial charge in [0, 0.05) is 0 Å². The van der Waals surface area contributed by atoms with Crippen LogP contribution in [0.4, 0.5) is 18.9 Å². The number of nitrogens with one attached hydrogen (secondary N) is 1. The van der Waals surface area contributed by atoms with Crippen molar-refractivity contribution in [2.45, 2.75) is 19.5 Å². The first kappa shape index (κ1) is 13.8. The molecule has 17 heavy (non-hydrogen) atoms. The fourth-order valence-electron chi connectivity index (χ4n) is 1.38. The van der Waals surface area contributed by atoms with Crippen molar-refractivity contribution >= 4 is 15.9 Å². The third-order valence-electron chi connectivity index (χ3n) is 2.06. The third-order valence-corrected chi connectivity index (χ3v) is 2.58. The van der Waals surface area contributed by atoms with Gasteiger partial charge in [0.25, 0.3) is 10.2 Å². The number of alkyl halides is 3. The lowest BCUT2D eigenvalue weighted by Crippen LogP contribution is -2.22. The minimum Gasteiger partial charge on any atom is -0.271 e. The van der Waals surface area contributed by atoms with Gasteiger partial charge < -0.3 is 0 Å². The van der Waals surface area contributed by atoms with Crippen LogP contribution in [-0.2, 0) is 22.8 Å². The molecule has 8 heteroatoms. The van der Waals surface area contributed by atoms with Gasteiger partial charge in [0.1, 0.15) is 0 Å². The maximum atomic E-state index is 12.6. The number of hydrogen-bond donors (Lipinski definition) is 2. The van der Waals surface area contributed by atoms with Crippen molar-refractivity contribution in [3.05, 3.63) is 29.3 Å². The van der Waals surface area contributed by atoms with E-state index >= 15 is 0 Å². The van der Waals surface area contributed by atoms with Crippen LogP contribution in [0.25, 0.3) is 0 Å². The highest BCUT2D eigenvalue weighted by molar-refractivity contribution is 7.90. The predicted molar refractivity (Wildman–Crippen MR) is 57.6 cm³/mol. The minimum absolute atomic E-state index is 0.0949. The van der Waals surface area contributed by atoms with Gasteiger partial charge in [-0.1, -0.05) is 13.0 Å². The smallest absolute Gasteiger partial charge is 0.271 e. The molecule has 0 unspecified atom stereocenters. The molecule has 4 nitrogen and oxygen atoms in total. The number of hydrogen-bond acceptors (Lipinski definition) is 2. The van der Waals surface area contributed by atoms with E-state index < -0.39 is 21.9 Å². The Morgan fingerprint density at radius 2 is 1.94 bits per heavy atom. The summed E-state index contributed by atoms with van der Waals surface area (Å²) in [6.45, 7) is 1.58. The van der Waals surface area contributed by atoms with Crippen molar-refractivity contribution in [2.75, 3.05) is 4.72 Å². The molecule has 0 aliphatic heterocycles. The summed E-state index contributed by atoms with van der Waals surface area (Å²) in [7, 11) is -4.08. The standard InChI is InChI=1S/C9H11F3N2O2S/c1-2-6-3-4-7(14-17(13,15)16)5-8(6)9(10,11)12/h3-5,14H,2H2,1H3,(H2,13,15,16). The summed E-state index contributed by atoms with van der Waals surface area (Å²) in [6.07, 6.45) is -4.33. The molecular formula is C9H11F3N2O2S. The van der Waals surface area contributed by atoms with Gasteiger partial charge in [0.05, 0.1) is 11.3 Å². The van der Waals surface area contributed by atoms with E-state index in [9.17, 15) is 21.6 Å².